The molecule has 3 aromatic carbocycles. The minimum atomic E-state index is -0.582. The third-order valence-corrected chi connectivity index (χ3v) is 6.03. The molecule has 4 aromatic rings. The summed E-state index contributed by atoms with van der Waals surface area (Å²) in [5.41, 5.74) is 1.29. The summed E-state index contributed by atoms with van der Waals surface area (Å²) in [7, 11) is 0. The number of nitrogens with one attached hydrogen (secondary N) is 1. The average Bonchev–Trinajstić information content (AvgIpc) is 3.32. The van der Waals surface area contributed by atoms with Crippen molar-refractivity contribution in [2.75, 3.05) is 4.90 Å². The first kappa shape index (κ1) is 22.8. The van der Waals surface area contributed by atoms with Crippen molar-refractivity contribution in [2.45, 2.75) is 0 Å². The van der Waals surface area contributed by atoms with E-state index in [2.05, 4.69) is 21.2 Å². The number of rotatable bonds is 5. The third kappa shape index (κ3) is 4.94. The van der Waals surface area contributed by atoms with Crippen LogP contribution in [0, 0.1) is 0 Å². The number of benzene rings is 3. The van der Waals surface area contributed by atoms with Gasteiger partial charge in [-0.3, -0.25) is 19.8 Å². The standard InChI is InChI=1S/C27H17BrN2O4S/c28-18-8-6-17(7-9-18)24-15-14-22(34-24)16-23-25(31)29-27(35)30(26(23)32)19-10-12-21(13-11-19)33-20-4-2-1-3-5-20/h1-16H,(H,29,31,35)/b23-16+. The predicted octanol–water partition coefficient (Wildman–Crippen LogP) is 6.33. The number of anilines is 1. The summed E-state index contributed by atoms with van der Waals surface area (Å²) >= 11 is 8.69. The second-order valence-electron chi connectivity index (χ2n) is 7.58. The molecule has 0 saturated carbocycles. The van der Waals surface area contributed by atoms with E-state index < -0.39 is 11.8 Å². The van der Waals surface area contributed by atoms with Crippen LogP contribution in [0.3, 0.4) is 0 Å². The van der Waals surface area contributed by atoms with Gasteiger partial charge in [0.2, 0.25) is 0 Å². The highest BCUT2D eigenvalue weighted by molar-refractivity contribution is 9.10. The predicted molar refractivity (Wildman–Crippen MR) is 141 cm³/mol. The summed E-state index contributed by atoms with van der Waals surface area (Å²) in [5.74, 6) is 1.17. The highest BCUT2D eigenvalue weighted by atomic mass is 79.9. The molecule has 5 rings (SSSR count). The minimum Gasteiger partial charge on any atom is -0.457 e. The van der Waals surface area contributed by atoms with Gasteiger partial charge in [0, 0.05) is 10.0 Å². The smallest absolute Gasteiger partial charge is 0.270 e. The van der Waals surface area contributed by atoms with Gasteiger partial charge in [-0.1, -0.05) is 46.3 Å². The van der Waals surface area contributed by atoms with E-state index in [-0.39, 0.29) is 10.7 Å². The Kier molecular flexibility index (Phi) is 6.31. The molecule has 0 bridgehead atoms. The van der Waals surface area contributed by atoms with Crippen molar-refractivity contribution in [3.8, 4) is 22.8 Å². The van der Waals surface area contributed by atoms with Crippen LogP contribution in [0.1, 0.15) is 5.76 Å². The summed E-state index contributed by atoms with van der Waals surface area (Å²) in [6.07, 6.45) is 1.42. The van der Waals surface area contributed by atoms with Gasteiger partial charge >= 0.3 is 0 Å². The van der Waals surface area contributed by atoms with Crippen LogP contribution in [0.25, 0.3) is 17.4 Å². The van der Waals surface area contributed by atoms with Crippen LogP contribution < -0.4 is 15.0 Å². The van der Waals surface area contributed by atoms with Crippen LogP contribution >= 0.6 is 28.1 Å². The zero-order chi connectivity index (χ0) is 24.4. The lowest BCUT2D eigenvalue weighted by molar-refractivity contribution is -0.122. The maximum absolute atomic E-state index is 13.3. The van der Waals surface area contributed by atoms with E-state index in [0.29, 0.717) is 28.7 Å². The number of thiocarbonyl (C=S) groups is 1. The molecule has 0 aliphatic carbocycles. The maximum Gasteiger partial charge on any atom is 0.270 e. The fraction of sp³-hybridized carbons (Fsp3) is 0. The number of halogens is 1. The number of nitrogens with zero attached hydrogens (tertiary/aromatic N) is 1. The first-order chi connectivity index (χ1) is 17.0. The zero-order valence-electron chi connectivity index (χ0n) is 18.1. The van der Waals surface area contributed by atoms with Crippen molar-refractivity contribution in [1.29, 1.82) is 0 Å². The molecule has 35 heavy (non-hydrogen) atoms. The molecule has 1 aliphatic rings. The van der Waals surface area contributed by atoms with E-state index >= 15 is 0 Å². The minimum absolute atomic E-state index is 0.00359. The Morgan fingerprint density at radius 1 is 0.857 bits per heavy atom. The molecule has 2 amide bonds. The summed E-state index contributed by atoms with van der Waals surface area (Å²) < 4.78 is 12.6. The highest BCUT2D eigenvalue weighted by Crippen LogP contribution is 2.28. The first-order valence-corrected chi connectivity index (χ1v) is 11.8. The Balaban J connectivity index is 1.38. The molecule has 2 heterocycles. The molecule has 8 heteroatoms. The number of ether oxygens (including phenoxy) is 1. The van der Waals surface area contributed by atoms with Crippen LogP contribution in [0.15, 0.2) is 105 Å². The summed E-state index contributed by atoms with van der Waals surface area (Å²) in [6, 6.07) is 27.4. The van der Waals surface area contributed by atoms with Crippen LogP contribution in [-0.2, 0) is 9.59 Å². The van der Waals surface area contributed by atoms with Crippen molar-refractivity contribution < 1.29 is 18.7 Å². The summed E-state index contributed by atoms with van der Waals surface area (Å²) in [6.45, 7) is 0. The second-order valence-corrected chi connectivity index (χ2v) is 8.88. The molecule has 1 aliphatic heterocycles. The Labute approximate surface area is 214 Å². The van der Waals surface area contributed by atoms with Gasteiger partial charge in [-0.15, -0.1) is 0 Å². The molecular formula is C27H17BrN2O4S. The van der Waals surface area contributed by atoms with Crippen molar-refractivity contribution in [2.24, 2.45) is 0 Å². The number of carbonyl (C=O) groups is 2. The molecule has 1 N–H and O–H groups in total. The van der Waals surface area contributed by atoms with E-state index in [1.54, 1.807) is 36.4 Å². The lowest BCUT2D eigenvalue weighted by atomic mass is 10.1. The van der Waals surface area contributed by atoms with Gasteiger partial charge in [0.15, 0.2) is 5.11 Å². The van der Waals surface area contributed by atoms with E-state index in [0.717, 1.165) is 10.0 Å². The largest absolute Gasteiger partial charge is 0.457 e. The van der Waals surface area contributed by atoms with Crippen LogP contribution in [-0.4, -0.2) is 16.9 Å². The molecule has 172 valence electrons. The number of carbonyl (C=O) groups excluding carboxylic acids is 2. The third-order valence-electron chi connectivity index (χ3n) is 5.22. The summed E-state index contributed by atoms with van der Waals surface area (Å²) in [4.78, 5) is 27.1. The fourth-order valence-electron chi connectivity index (χ4n) is 3.52. The van der Waals surface area contributed by atoms with Crippen LogP contribution in [0.2, 0.25) is 0 Å². The first-order valence-electron chi connectivity index (χ1n) is 10.6. The lowest BCUT2D eigenvalue weighted by Crippen LogP contribution is -2.54. The molecule has 1 saturated heterocycles. The van der Waals surface area contributed by atoms with E-state index in [4.69, 9.17) is 21.4 Å². The molecule has 1 fully saturated rings. The molecule has 0 spiro atoms. The Hall–Kier alpha value is -4.01. The monoisotopic (exact) mass is 544 g/mol. The van der Waals surface area contributed by atoms with Crippen molar-refractivity contribution in [3.05, 3.63) is 107 Å². The lowest BCUT2D eigenvalue weighted by Gasteiger charge is -2.28. The maximum atomic E-state index is 13.3. The Morgan fingerprint density at radius 2 is 1.54 bits per heavy atom. The number of para-hydroxylation sites is 1. The second kappa shape index (κ2) is 9.69. The molecule has 1 aromatic heterocycles. The number of hydrogen-bond acceptors (Lipinski definition) is 5. The van der Waals surface area contributed by atoms with Gasteiger partial charge < -0.3 is 9.15 Å². The number of hydrogen-bond donors (Lipinski definition) is 1. The highest BCUT2D eigenvalue weighted by Gasteiger charge is 2.34. The summed E-state index contributed by atoms with van der Waals surface area (Å²) in [5, 5.41) is 2.58. The van der Waals surface area contributed by atoms with Crippen LogP contribution in [0.4, 0.5) is 5.69 Å². The number of amides is 2. The topological polar surface area (TPSA) is 71.8 Å². The molecule has 6 nitrogen and oxygen atoms in total. The average molecular weight is 545 g/mol. The SMILES string of the molecule is O=C1NC(=S)N(c2ccc(Oc3ccccc3)cc2)C(=O)/C1=C/c1ccc(-c2ccc(Br)cc2)o1. The van der Waals surface area contributed by atoms with Gasteiger partial charge in [-0.05, 0) is 79.0 Å². The van der Waals surface area contributed by atoms with Crippen molar-refractivity contribution in [1.82, 2.24) is 5.32 Å². The molecule has 0 radical (unpaired) electrons. The van der Waals surface area contributed by atoms with Gasteiger partial charge in [0.05, 0.1) is 5.69 Å². The van der Waals surface area contributed by atoms with Crippen molar-refractivity contribution in [3.63, 3.8) is 0 Å². The molecule has 0 atom stereocenters. The van der Waals surface area contributed by atoms with Crippen LogP contribution in [0.5, 0.6) is 11.5 Å². The van der Waals surface area contributed by atoms with E-state index in [9.17, 15) is 9.59 Å². The molecule has 0 unspecified atom stereocenters. The van der Waals surface area contributed by atoms with E-state index in [1.807, 2.05) is 54.6 Å². The van der Waals surface area contributed by atoms with Gasteiger partial charge in [-0.2, -0.15) is 0 Å². The fourth-order valence-corrected chi connectivity index (χ4v) is 4.07. The quantitative estimate of drug-likeness (QED) is 0.180. The van der Waals surface area contributed by atoms with Gasteiger partial charge in [-0.25, -0.2) is 0 Å². The zero-order valence-corrected chi connectivity index (χ0v) is 20.5. The van der Waals surface area contributed by atoms with Crippen molar-refractivity contribution >= 4 is 56.8 Å². The number of furan rings is 1. The normalized spacial score (nSPS) is 14.8. The van der Waals surface area contributed by atoms with Gasteiger partial charge in [0.1, 0.15) is 28.6 Å². The molecular weight excluding hydrogens is 528 g/mol. The Bertz CT molecular complexity index is 1440. The Morgan fingerprint density at radius 3 is 2.26 bits per heavy atom. The van der Waals surface area contributed by atoms with E-state index in [1.165, 1.54) is 11.0 Å². The van der Waals surface area contributed by atoms with Gasteiger partial charge in [0.25, 0.3) is 11.8 Å².